The summed E-state index contributed by atoms with van der Waals surface area (Å²) in [7, 11) is -4.74. The van der Waals surface area contributed by atoms with Gasteiger partial charge in [0, 0.05) is 12.8 Å². The lowest BCUT2D eigenvalue weighted by atomic mass is 10.1. The normalized spacial score (nSPS) is 18.0. The Balaban J connectivity index is 2.36. The lowest BCUT2D eigenvalue weighted by molar-refractivity contribution is -0.161. The molecular formula is C44H72NO11P. The van der Waals surface area contributed by atoms with Crippen molar-refractivity contribution in [3.63, 3.8) is 0 Å². The van der Waals surface area contributed by atoms with Crippen LogP contribution in [0.2, 0.25) is 0 Å². The van der Waals surface area contributed by atoms with Crippen molar-refractivity contribution in [1.29, 1.82) is 0 Å². The van der Waals surface area contributed by atoms with Crippen LogP contribution in [0.25, 0.3) is 0 Å². The SMILES string of the molecule is CC/C=C\C/C=C\C/C=C\C/C=C\C/C=C\CCCC(=O)O[C@H](COC(=O)CCCCCCCC1OC1C/C=C\CCCCC)COP(=O)(O)OC[C@H](N)C(=O)O. The molecule has 1 fully saturated rings. The van der Waals surface area contributed by atoms with Crippen molar-refractivity contribution in [2.75, 3.05) is 19.8 Å². The van der Waals surface area contributed by atoms with Gasteiger partial charge >= 0.3 is 25.7 Å². The van der Waals surface area contributed by atoms with Crippen LogP contribution in [0.5, 0.6) is 0 Å². The number of ether oxygens (including phenoxy) is 3. The summed E-state index contributed by atoms with van der Waals surface area (Å²) in [6, 6.07) is -1.54. The van der Waals surface area contributed by atoms with E-state index in [0.29, 0.717) is 31.5 Å². The molecule has 1 rings (SSSR count). The molecular weight excluding hydrogens is 749 g/mol. The van der Waals surface area contributed by atoms with E-state index in [1.165, 1.54) is 19.3 Å². The van der Waals surface area contributed by atoms with Gasteiger partial charge in [0.05, 0.1) is 25.4 Å². The van der Waals surface area contributed by atoms with Crippen molar-refractivity contribution >= 4 is 25.7 Å². The van der Waals surface area contributed by atoms with E-state index < -0.39 is 51.1 Å². The van der Waals surface area contributed by atoms with Crippen molar-refractivity contribution in [3.8, 4) is 0 Å². The average molecular weight is 822 g/mol. The van der Waals surface area contributed by atoms with Crippen molar-refractivity contribution in [1.82, 2.24) is 0 Å². The molecule has 4 N–H and O–H groups in total. The van der Waals surface area contributed by atoms with Gasteiger partial charge in [0.15, 0.2) is 6.10 Å². The van der Waals surface area contributed by atoms with Crippen LogP contribution in [0.15, 0.2) is 72.9 Å². The van der Waals surface area contributed by atoms with Gasteiger partial charge in [-0.05, 0) is 77.0 Å². The summed E-state index contributed by atoms with van der Waals surface area (Å²) in [4.78, 5) is 45.9. The number of allylic oxidation sites excluding steroid dienone is 11. The summed E-state index contributed by atoms with van der Waals surface area (Å²) in [5.74, 6) is -2.49. The maximum absolute atomic E-state index is 12.6. The number of epoxide rings is 1. The number of hydrogen-bond donors (Lipinski definition) is 3. The van der Waals surface area contributed by atoms with Gasteiger partial charge in [0.1, 0.15) is 12.6 Å². The monoisotopic (exact) mass is 821 g/mol. The molecule has 0 aromatic heterocycles. The zero-order valence-corrected chi connectivity index (χ0v) is 35.5. The van der Waals surface area contributed by atoms with Gasteiger partial charge in [-0.1, -0.05) is 125 Å². The first-order valence-electron chi connectivity index (χ1n) is 21.1. The first-order valence-corrected chi connectivity index (χ1v) is 22.6. The van der Waals surface area contributed by atoms with E-state index in [4.69, 9.17) is 29.6 Å². The Labute approximate surface area is 342 Å². The number of aliphatic carboxylic acids is 1. The molecule has 0 amide bonds. The predicted octanol–water partition coefficient (Wildman–Crippen LogP) is 9.93. The molecule has 0 bridgehead atoms. The van der Waals surface area contributed by atoms with Gasteiger partial charge in [-0.15, -0.1) is 0 Å². The number of esters is 2. The van der Waals surface area contributed by atoms with Crippen LogP contribution in [0.4, 0.5) is 0 Å². The number of rotatable bonds is 37. The third-order valence-electron chi connectivity index (χ3n) is 8.86. The van der Waals surface area contributed by atoms with Gasteiger partial charge in [-0.3, -0.25) is 23.4 Å². The second-order valence-electron chi connectivity index (χ2n) is 14.1. The minimum atomic E-state index is -4.74. The Bertz CT molecular complexity index is 1310. The first kappa shape index (κ1) is 51.9. The zero-order valence-electron chi connectivity index (χ0n) is 34.6. The van der Waals surface area contributed by atoms with Gasteiger partial charge in [-0.25, -0.2) is 4.57 Å². The van der Waals surface area contributed by atoms with Crippen molar-refractivity contribution in [3.05, 3.63) is 72.9 Å². The topological polar surface area (TPSA) is 184 Å². The largest absolute Gasteiger partial charge is 0.480 e. The fourth-order valence-electron chi connectivity index (χ4n) is 5.46. The Kier molecular flexibility index (Phi) is 31.8. The Morgan fingerprint density at radius 1 is 0.667 bits per heavy atom. The molecule has 0 saturated carbocycles. The molecule has 0 aromatic carbocycles. The van der Waals surface area contributed by atoms with Crippen LogP contribution in [0, 0.1) is 0 Å². The van der Waals surface area contributed by atoms with Crippen LogP contribution in [-0.4, -0.2) is 72.1 Å². The van der Waals surface area contributed by atoms with E-state index in [9.17, 15) is 23.8 Å². The molecule has 324 valence electrons. The fraction of sp³-hybridized carbons (Fsp3) is 0.659. The maximum Gasteiger partial charge on any atom is 0.472 e. The van der Waals surface area contributed by atoms with E-state index in [2.05, 4.69) is 79.1 Å². The number of carbonyl (C=O) groups is 3. The molecule has 0 spiro atoms. The Morgan fingerprint density at radius 2 is 1.23 bits per heavy atom. The van der Waals surface area contributed by atoms with E-state index in [1.54, 1.807) is 0 Å². The van der Waals surface area contributed by atoms with E-state index in [1.807, 2.05) is 12.2 Å². The summed E-state index contributed by atoms with van der Waals surface area (Å²) in [5.41, 5.74) is 5.32. The minimum Gasteiger partial charge on any atom is -0.480 e. The lowest BCUT2D eigenvalue weighted by Gasteiger charge is -2.20. The highest BCUT2D eigenvalue weighted by molar-refractivity contribution is 7.47. The van der Waals surface area contributed by atoms with Crippen LogP contribution in [0.3, 0.4) is 0 Å². The highest BCUT2D eigenvalue weighted by Gasteiger charge is 2.36. The molecule has 57 heavy (non-hydrogen) atoms. The minimum absolute atomic E-state index is 0.0726. The van der Waals surface area contributed by atoms with Crippen molar-refractivity contribution < 1.29 is 52.2 Å². The van der Waals surface area contributed by atoms with Gasteiger partial charge < -0.3 is 29.9 Å². The summed E-state index contributed by atoms with van der Waals surface area (Å²) >= 11 is 0. The van der Waals surface area contributed by atoms with Crippen molar-refractivity contribution in [2.45, 2.75) is 167 Å². The van der Waals surface area contributed by atoms with Crippen LogP contribution in [-0.2, 0) is 42.2 Å². The number of phosphoric acid groups is 1. The number of carboxylic acids is 1. The summed E-state index contributed by atoms with van der Waals surface area (Å²) < 4.78 is 38.4. The maximum atomic E-state index is 12.6. The zero-order chi connectivity index (χ0) is 41.8. The van der Waals surface area contributed by atoms with Gasteiger partial charge in [0.2, 0.25) is 0 Å². The second kappa shape index (κ2) is 34.9. The fourth-order valence-corrected chi connectivity index (χ4v) is 6.24. The quantitative estimate of drug-likeness (QED) is 0.0177. The summed E-state index contributed by atoms with van der Waals surface area (Å²) in [5, 5.41) is 8.89. The third-order valence-corrected chi connectivity index (χ3v) is 9.81. The molecule has 13 heteroatoms. The lowest BCUT2D eigenvalue weighted by Crippen LogP contribution is -2.34. The highest BCUT2D eigenvalue weighted by atomic mass is 31.2. The number of carboxylic acid groups (broad SMARTS) is 1. The van der Waals surface area contributed by atoms with Gasteiger partial charge in [-0.2, -0.15) is 0 Å². The number of nitrogens with two attached hydrogens (primary N) is 1. The average Bonchev–Trinajstić information content (AvgIpc) is 3.94. The number of carbonyl (C=O) groups excluding carboxylic acids is 2. The number of unbranched alkanes of at least 4 members (excludes halogenated alkanes) is 8. The third kappa shape index (κ3) is 32.5. The summed E-state index contributed by atoms with van der Waals surface area (Å²) in [6.07, 6.45) is 42.8. The van der Waals surface area contributed by atoms with Gasteiger partial charge in [0.25, 0.3) is 0 Å². The molecule has 1 saturated heterocycles. The van der Waals surface area contributed by atoms with E-state index >= 15 is 0 Å². The van der Waals surface area contributed by atoms with Crippen LogP contribution >= 0.6 is 7.82 Å². The molecule has 1 heterocycles. The molecule has 5 atom stereocenters. The Morgan fingerprint density at radius 3 is 1.88 bits per heavy atom. The second-order valence-corrected chi connectivity index (χ2v) is 15.6. The summed E-state index contributed by atoms with van der Waals surface area (Å²) in [6.45, 7) is 2.55. The Hall–Kier alpha value is -3.12. The number of hydrogen-bond acceptors (Lipinski definition) is 10. The molecule has 1 aliphatic heterocycles. The first-order chi connectivity index (χ1) is 27.6. The van der Waals surface area contributed by atoms with E-state index in [-0.39, 0.29) is 19.4 Å². The molecule has 0 aliphatic carbocycles. The van der Waals surface area contributed by atoms with Crippen LogP contribution in [0.1, 0.15) is 142 Å². The van der Waals surface area contributed by atoms with Crippen molar-refractivity contribution in [2.24, 2.45) is 5.73 Å². The molecule has 0 aromatic rings. The molecule has 12 nitrogen and oxygen atoms in total. The number of phosphoric ester groups is 1. The molecule has 0 radical (unpaired) electrons. The predicted molar refractivity (Wildman–Crippen MR) is 225 cm³/mol. The highest BCUT2D eigenvalue weighted by Crippen LogP contribution is 2.43. The smallest absolute Gasteiger partial charge is 0.472 e. The molecule has 1 aliphatic rings. The molecule has 3 unspecified atom stereocenters. The standard InChI is InChI=1S/C44H72NO11P/c1-3-5-7-9-11-12-13-14-15-16-17-18-19-20-21-25-30-34-43(47)55-38(36-53-57(50,51)54-37-39(45)44(48)49)35-52-42(46)33-29-26-22-24-28-32-41-40(56-41)31-27-23-10-8-6-4-2/h5,7,11-12,14-15,17-18,20-21,23,27,38-41H,3-4,6,8-10,13,16,19,22,24-26,28-37,45H2,1-2H3,(H,48,49)(H,50,51)/b7-5-,12-11-,15-14-,18-17-,21-20-,27-23-/t38-,39+,40?,41?/m1/s1. The van der Waals surface area contributed by atoms with Crippen LogP contribution < -0.4 is 5.73 Å². The van der Waals surface area contributed by atoms with E-state index in [0.717, 1.165) is 77.0 Å².